The van der Waals surface area contributed by atoms with Gasteiger partial charge in [0.2, 0.25) is 0 Å². The van der Waals surface area contributed by atoms with Crippen molar-refractivity contribution in [1.82, 2.24) is 0 Å². The summed E-state index contributed by atoms with van der Waals surface area (Å²) in [6, 6.07) is 38.4. The molecule has 0 saturated heterocycles. The molecule has 0 heterocycles. The second kappa shape index (κ2) is 11.1. The minimum Gasteiger partial charge on any atom is -0.170 e. The Morgan fingerprint density at radius 3 is 0.909 bits per heavy atom. The molecule has 4 aromatic carbocycles. The van der Waals surface area contributed by atoms with Crippen molar-refractivity contribution in [3.8, 4) is 0 Å². The Morgan fingerprint density at radius 1 is 0.455 bits per heavy atom. The van der Waals surface area contributed by atoms with Gasteiger partial charge in [0.15, 0.2) is 0 Å². The van der Waals surface area contributed by atoms with E-state index in [2.05, 4.69) is 0 Å². The molecule has 0 amide bonds. The van der Waals surface area contributed by atoms with E-state index in [9.17, 15) is 13.2 Å². The van der Waals surface area contributed by atoms with Crippen LogP contribution in [0.25, 0.3) is 0 Å². The first-order valence-corrected chi connectivity index (χ1v) is 13.7. The number of alkyl halides is 3. The van der Waals surface area contributed by atoms with Crippen LogP contribution in [0.1, 0.15) is 0 Å². The van der Waals surface area contributed by atoms with E-state index in [1.807, 2.05) is 121 Å². The van der Waals surface area contributed by atoms with E-state index in [1.54, 1.807) is 0 Å². The van der Waals surface area contributed by atoms with Crippen molar-refractivity contribution in [2.24, 2.45) is 0 Å². The van der Waals surface area contributed by atoms with Crippen LogP contribution in [0.3, 0.4) is 0 Å². The van der Waals surface area contributed by atoms with Gasteiger partial charge < -0.3 is 0 Å². The van der Waals surface area contributed by atoms with Crippen molar-refractivity contribution in [2.45, 2.75) is 6.18 Å². The molecule has 0 N–H and O–H groups in total. The number of hydrogen-bond donors (Lipinski definition) is 0. The van der Waals surface area contributed by atoms with Gasteiger partial charge in [-0.2, -0.15) is 13.2 Å². The first-order valence-electron chi connectivity index (χ1n) is 10.7. The van der Waals surface area contributed by atoms with Crippen molar-refractivity contribution in [2.75, 3.05) is 12.3 Å². The van der Waals surface area contributed by atoms with Gasteiger partial charge in [-0.15, -0.1) is 0 Å². The molecule has 0 nitrogen and oxygen atoms in total. The molecule has 1 radical (unpaired) electrons. The zero-order valence-corrected chi connectivity index (χ0v) is 19.8. The topological polar surface area (TPSA) is 0 Å². The van der Waals surface area contributed by atoms with Gasteiger partial charge in [-0.25, -0.2) is 0 Å². The highest BCUT2D eigenvalue weighted by atomic mass is 31.1. The number of rotatable bonds is 8. The zero-order chi connectivity index (χ0) is 23.1. The Morgan fingerprint density at radius 2 is 0.697 bits per heavy atom. The van der Waals surface area contributed by atoms with E-state index >= 15 is 0 Å². The van der Waals surface area contributed by atoms with E-state index in [0.717, 1.165) is 21.2 Å². The first-order chi connectivity index (χ1) is 16.0. The Labute approximate surface area is 196 Å². The number of benzene rings is 4. The molecule has 167 valence electrons. The normalized spacial score (nSPS) is 11.9. The van der Waals surface area contributed by atoms with Crippen LogP contribution >= 0.6 is 15.8 Å². The summed E-state index contributed by atoms with van der Waals surface area (Å²) in [7, 11) is -2.34. The zero-order valence-electron chi connectivity index (χ0n) is 18.0. The lowest BCUT2D eigenvalue weighted by molar-refractivity contribution is -0.110. The largest absolute Gasteiger partial charge is 0.396 e. The minimum absolute atomic E-state index is 0.00532. The quantitative estimate of drug-likeness (QED) is 0.257. The maximum Gasteiger partial charge on any atom is 0.396 e. The highest BCUT2D eigenvalue weighted by molar-refractivity contribution is 7.74. The molecule has 0 fully saturated rings. The average molecular weight is 479 g/mol. The molecule has 0 aliphatic heterocycles. The van der Waals surface area contributed by atoms with Gasteiger partial charge in [-0.1, -0.05) is 121 Å². The molecule has 0 spiro atoms. The summed E-state index contributed by atoms with van der Waals surface area (Å²) in [5.41, 5.74) is 0. The van der Waals surface area contributed by atoms with E-state index < -0.39 is 22.0 Å². The lowest BCUT2D eigenvalue weighted by Gasteiger charge is -2.29. The summed E-state index contributed by atoms with van der Waals surface area (Å²) in [4.78, 5) is 0. The van der Waals surface area contributed by atoms with Gasteiger partial charge in [-0.05, 0) is 49.4 Å². The van der Waals surface area contributed by atoms with Crippen LogP contribution in [0.5, 0.6) is 0 Å². The highest BCUT2D eigenvalue weighted by Gasteiger charge is 2.43. The third-order valence-electron chi connectivity index (χ3n) is 5.37. The van der Waals surface area contributed by atoms with E-state index in [1.165, 1.54) is 0 Å². The predicted molar refractivity (Wildman–Crippen MR) is 137 cm³/mol. The molecule has 0 aromatic heterocycles. The molecular weight excluding hydrogens is 455 g/mol. The maximum atomic E-state index is 14.5. The van der Waals surface area contributed by atoms with Gasteiger partial charge in [0.05, 0.1) is 5.92 Å². The molecule has 4 rings (SSSR count). The number of hydrogen-bond acceptors (Lipinski definition) is 0. The van der Waals surface area contributed by atoms with Gasteiger partial charge in [-0.3, -0.25) is 0 Å². The standard InChI is InChI=1S/C28H24F3P2/c29-28(30,31)23(21-32(24-13-5-1-6-14-24)25-15-7-2-8-16-25)22-33(26-17-9-3-10-18-26)27-19-11-4-12-20-27/h1-20H,21-22H2. The monoisotopic (exact) mass is 479 g/mol. The molecule has 0 aliphatic carbocycles. The lowest BCUT2D eigenvalue weighted by atomic mass is 10.2. The van der Waals surface area contributed by atoms with Crippen LogP contribution < -0.4 is 21.2 Å². The average Bonchev–Trinajstić information content (AvgIpc) is 2.85. The molecule has 0 atom stereocenters. The second-order valence-electron chi connectivity index (χ2n) is 7.62. The molecule has 4 aromatic rings. The van der Waals surface area contributed by atoms with Crippen molar-refractivity contribution in [3.05, 3.63) is 127 Å². The van der Waals surface area contributed by atoms with E-state index in [4.69, 9.17) is 0 Å². The van der Waals surface area contributed by atoms with Crippen LogP contribution in [0.2, 0.25) is 0 Å². The Hall–Kier alpha value is -2.47. The molecule has 33 heavy (non-hydrogen) atoms. The lowest BCUT2D eigenvalue weighted by Crippen LogP contribution is -2.32. The summed E-state index contributed by atoms with van der Waals surface area (Å²) < 4.78 is 43.5. The summed E-state index contributed by atoms with van der Waals surface area (Å²) in [5, 5.41) is 3.85. The third kappa shape index (κ3) is 6.32. The summed E-state index contributed by atoms with van der Waals surface area (Å²) in [6.07, 6.45) is -4.34. The summed E-state index contributed by atoms with van der Waals surface area (Å²) in [6.45, 7) is 0. The molecule has 0 unspecified atom stereocenters. The van der Waals surface area contributed by atoms with Gasteiger partial charge >= 0.3 is 6.18 Å². The Balaban J connectivity index is 1.71. The van der Waals surface area contributed by atoms with E-state index in [0.29, 0.717) is 0 Å². The van der Waals surface area contributed by atoms with Crippen molar-refractivity contribution in [1.29, 1.82) is 0 Å². The second-order valence-corrected chi connectivity index (χ2v) is 12.0. The van der Waals surface area contributed by atoms with Gasteiger partial charge in [0.25, 0.3) is 0 Å². The van der Waals surface area contributed by atoms with Crippen LogP contribution in [-0.4, -0.2) is 18.5 Å². The van der Waals surface area contributed by atoms with Crippen LogP contribution in [0, 0.1) is 5.92 Å². The third-order valence-corrected chi connectivity index (χ3v) is 10.5. The van der Waals surface area contributed by atoms with Gasteiger partial charge in [0.1, 0.15) is 0 Å². The van der Waals surface area contributed by atoms with Crippen LogP contribution in [0.4, 0.5) is 13.2 Å². The van der Waals surface area contributed by atoms with Crippen molar-refractivity contribution >= 4 is 37.1 Å². The van der Waals surface area contributed by atoms with Crippen LogP contribution in [0.15, 0.2) is 121 Å². The molecule has 0 saturated carbocycles. The predicted octanol–water partition coefficient (Wildman–Crippen LogP) is 6.39. The first kappa shape index (κ1) is 23.7. The summed E-state index contributed by atoms with van der Waals surface area (Å²) in [5.74, 6) is -0.333. The fourth-order valence-electron chi connectivity index (χ4n) is 3.71. The van der Waals surface area contributed by atoms with Crippen molar-refractivity contribution in [3.63, 3.8) is 0 Å². The maximum absolute atomic E-state index is 14.5. The molecule has 0 bridgehead atoms. The SMILES string of the molecule is FC(F)(F)[C](CP(c1ccccc1)c1ccccc1)CP(c1ccccc1)c1ccccc1. The molecule has 5 heteroatoms. The smallest absolute Gasteiger partial charge is 0.170 e. The van der Waals surface area contributed by atoms with Gasteiger partial charge in [0, 0.05) is 0 Å². The fraction of sp³-hybridized carbons (Fsp3) is 0.107. The Bertz CT molecular complexity index is 937. The van der Waals surface area contributed by atoms with Crippen LogP contribution in [-0.2, 0) is 0 Å². The highest BCUT2D eigenvalue weighted by Crippen LogP contribution is 2.47. The Kier molecular flexibility index (Phi) is 7.97. The minimum atomic E-state index is -4.35. The fourth-order valence-corrected chi connectivity index (χ4v) is 8.68. The number of halogens is 3. The van der Waals surface area contributed by atoms with E-state index in [-0.39, 0.29) is 18.2 Å². The van der Waals surface area contributed by atoms with Crippen molar-refractivity contribution < 1.29 is 13.2 Å². The molecular formula is C28H24F3P2. The molecule has 0 aliphatic rings. The summed E-state index contributed by atoms with van der Waals surface area (Å²) >= 11 is 0.